The van der Waals surface area contributed by atoms with E-state index in [4.69, 9.17) is 4.74 Å². The number of aldehydes is 1. The van der Waals surface area contributed by atoms with Crippen LogP contribution < -0.4 is 5.32 Å². The van der Waals surface area contributed by atoms with Gasteiger partial charge in [0, 0.05) is 0 Å². The number of ether oxygens (including phenoxy) is 1. The van der Waals surface area contributed by atoms with Gasteiger partial charge in [0.1, 0.15) is 18.9 Å². The van der Waals surface area contributed by atoms with Gasteiger partial charge in [-0.05, 0) is 12.2 Å². The van der Waals surface area contributed by atoms with Crippen LogP contribution in [0.25, 0.3) is 0 Å². The number of rotatable bonds is 1. The van der Waals surface area contributed by atoms with E-state index < -0.39 is 0 Å². The van der Waals surface area contributed by atoms with Crippen LogP contribution in [0.3, 0.4) is 0 Å². The van der Waals surface area contributed by atoms with Gasteiger partial charge in [-0.2, -0.15) is 0 Å². The van der Waals surface area contributed by atoms with E-state index in [-0.39, 0.29) is 6.04 Å². The Hall–Kier alpha value is -0.640. The van der Waals surface area contributed by atoms with E-state index in [9.17, 15) is 4.79 Å². The minimum atomic E-state index is -0.220. The van der Waals surface area contributed by atoms with E-state index in [0.29, 0.717) is 11.8 Å². The lowest BCUT2D eigenvalue weighted by Gasteiger charge is -1.91. The fourth-order valence-corrected chi connectivity index (χ4v) is 0.693. The van der Waals surface area contributed by atoms with Crippen LogP contribution in [0.15, 0.2) is 0 Å². The lowest BCUT2D eigenvalue weighted by Crippen LogP contribution is -2.26. The predicted octanol–water partition coefficient (Wildman–Crippen LogP) is -0.541. The van der Waals surface area contributed by atoms with Crippen LogP contribution in [-0.2, 0) is 9.53 Å². The van der Waals surface area contributed by atoms with Crippen LogP contribution >= 0.6 is 12.2 Å². The molecule has 1 fully saturated rings. The number of thiocarbonyl (C=S) groups is 1. The molecule has 0 unspecified atom stereocenters. The molecule has 0 amide bonds. The Morgan fingerprint density at radius 1 is 2.00 bits per heavy atom. The van der Waals surface area contributed by atoms with E-state index in [1.54, 1.807) is 0 Å². The molecule has 8 heavy (non-hydrogen) atoms. The summed E-state index contributed by atoms with van der Waals surface area (Å²) in [5.41, 5.74) is 0. The van der Waals surface area contributed by atoms with Crippen LogP contribution in [0.1, 0.15) is 0 Å². The lowest BCUT2D eigenvalue weighted by atomic mass is 10.4. The van der Waals surface area contributed by atoms with Gasteiger partial charge in [0.25, 0.3) is 5.17 Å². The molecule has 4 heteroatoms. The molecule has 0 bridgehead atoms. The normalized spacial score (nSPS) is 26.5. The second-order valence-electron chi connectivity index (χ2n) is 1.49. The number of nitrogens with one attached hydrogen (secondary N) is 1. The maximum Gasteiger partial charge on any atom is 0.257 e. The Labute approximate surface area is 52.0 Å². The molecule has 1 aliphatic heterocycles. The zero-order valence-electron chi connectivity index (χ0n) is 4.09. The first-order valence-electron chi connectivity index (χ1n) is 2.21. The Morgan fingerprint density at radius 3 is 3.00 bits per heavy atom. The number of carbonyl (C=O) groups is 1. The summed E-state index contributed by atoms with van der Waals surface area (Å²) < 4.78 is 4.75. The van der Waals surface area contributed by atoms with E-state index in [1.165, 1.54) is 0 Å². The van der Waals surface area contributed by atoms with Crippen LogP contribution in [-0.4, -0.2) is 24.1 Å². The van der Waals surface area contributed by atoms with Gasteiger partial charge >= 0.3 is 0 Å². The highest BCUT2D eigenvalue weighted by molar-refractivity contribution is 7.80. The molecule has 3 nitrogen and oxygen atoms in total. The van der Waals surface area contributed by atoms with Crippen molar-refractivity contribution in [3.63, 3.8) is 0 Å². The van der Waals surface area contributed by atoms with Crippen molar-refractivity contribution in [1.82, 2.24) is 5.32 Å². The molecular weight excluding hydrogens is 126 g/mol. The van der Waals surface area contributed by atoms with Crippen molar-refractivity contribution in [3.8, 4) is 0 Å². The standard InChI is InChI=1S/C4H5NO2S/c6-1-3-2-7-4(8)5-3/h1,3H,2H2,(H,5,8)/t3-/m1/s1. The zero-order valence-corrected chi connectivity index (χ0v) is 4.90. The van der Waals surface area contributed by atoms with Crippen molar-refractivity contribution in [1.29, 1.82) is 0 Å². The van der Waals surface area contributed by atoms with Crippen LogP contribution in [0.5, 0.6) is 0 Å². The van der Waals surface area contributed by atoms with E-state index >= 15 is 0 Å². The average molecular weight is 131 g/mol. The Bertz CT molecular complexity index is 125. The summed E-state index contributed by atoms with van der Waals surface area (Å²) in [6, 6.07) is -0.220. The first-order valence-corrected chi connectivity index (χ1v) is 2.62. The Kier molecular flexibility index (Phi) is 1.43. The van der Waals surface area contributed by atoms with Gasteiger partial charge in [0.2, 0.25) is 0 Å². The van der Waals surface area contributed by atoms with Crippen LogP contribution in [0, 0.1) is 0 Å². The summed E-state index contributed by atoms with van der Waals surface area (Å²) in [6.45, 7) is 0.377. The van der Waals surface area contributed by atoms with Gasteiger partial charge in [0.05, 0.1) is 0 Å². The van der Waals surface area contributed by atoms with E-state index in [2.05, 4.69) is 17.5 Å². The Balaban J connectivity index is 2.43. The number of hydrogen-bond acceptors (Lipinski definition) is 3. The van der Waals surface area contributed by atoms with E-state index in [0.717, 1.165) is 6.29 Å². The largest absolute Gasteiger partial charge is 0.468 e. The molecule has 0 aromatic carbocycles. The summed E-state index contributed by atoms with van der Waals surface area (Å²) in [4.78, 5) is 9.95. The minimum absolute atomic E-state index is 0.220. The van der Waals surface area contributed by atoms with Gasteiger partial charge in [-0.1, -0.05) is 0 Å². The molecule has 0 aliphatic carbocycles. The molecule has 0 aromatic rings. The average Bonchev–Trinajstić information content (AvgIpc) is 2.14. The first-order chi connectivity index (χ1) is 3.83. The topological polar surface area (TPSA) is 38.3 Å². The summed E-state index contributed by atoms with van der Waals surface area (Å²) in [7, 11) is 0. The molecule has 1 aliphatic rings. The highest BCUT2D eigenvalue weighted by Crippen LogP contribution is 1.93. The summed E-state index contributed by atoms with van der Waals surface area (Å²) in [5, 5.41) is 2.97. The highest BCUT2D eigenvalue weighted by Gasteiger charge is 2.17. The van der Waals surface area contributed by atoms with Gasteiger partial charge in [0.15, 0.2) is 0 Å². The van der Waals surface area contributed by atoms with Gasteiger partial charge in [-0.15, -0.1) is 0 Å². The fourth-order valence-electron chi connectivity index (χ4n) is 0.473. The molecule has 1 N–H and O–H groups in total. The summed E-state index contributed by atoms with van der Waals surface area (Å²) in [6.07, 6.45) is 0.777. The smallest absolute Gasteiger partial charge is 0.257 e. The van der Waals surface area contributed by atoms with Crippen LogP contribution in [0.2, 0.25) is 0 Å². The molecule has 0 radical (unpaired) electrons. The molecule has 0 aromatic heterocycles. The van der Waals surface area contributed by atoms with Crippen molar-refractivity contribution in [2.24, 2.45) is 0 Å². The van der Waals surface area contributed by atoms with Crippen molar-refractivity contribution in [2.45, 2.75) is 6.04 Å². The molecule has 0 saturated carbocycles. The molecular formula is C4H5NO2S. The maximum atomic E-state index is 9.95. The van der Waals surface area contributed by atoms with Gasteiger partial charge < -0.3 is 14.8 Å². The van der Waals surface area contributed by atoms with Crippen LogP contribution in [0.4, 0.5) is 0 Å². The van der Waals surface area contributed by atoms with Crippen molar-refractivity contribution in [2.75, 3.05) is 6.61 Å². The van der Waals surface area contributed by atoms with Crippen molar-refractivity contribution >= 4 is 23.7 Å². The fraction of sp³-hybridized carbons (Fsp3) is 0.500. The van der Waals surface area contributed by atoms with E-state index in [1.807, 2.05) is 0 Å². The molecule has 1 saturated heterocycles. The highest BCUT2D eigenvalue weighted by atomic mass is 32.1. The summed E-state index contributed by atoms with van der Waals surface area (Å²) in [5.74, 6) is 0. The second-order valence-corrected chi connectivity index (χ2v) is 1.86. The monoisotopic (exact) mass is 131 g/mol. The summed E-state index contributed by atoms with van der Waals surface area (Å²) >= 11 is 4.57. The third kappa shape index (κ3) is 0.949. The molecule has 0 spiro atoms. The molecule has 1 atom stereocenters. The third-order valence-corrected chi connectivity index (χ3v) is 1.10. The zero-order chi connectivity index (χ0) is 5.98. The SMILES string of the molecule is O=C[C@@H]1COC(=S)N1. The van der Waals surface area contributed by atoms with Crippen molar-refractivity contribution < 1.29 is 9.53 Å². The van der Waals surface area contributed by atoms with Crippen molar-refractivity contribution in [3.05, 3.63) is 0 Å². The maximum absolute atomic E-state index is 9.95. The quantitative estimate of drug-likeness (QED) is 0.383. The second kappa shape index (κ2) is 2.09. The first kappa shape index (κ1) is 5.50. The minimum Gasteiger partial charge on any atom is -0.468 e. The Morgan fingerprint density at radius 2 is 2.75 bits per heavy atom. The molecule has 44 valence electrons. The van der Waals surface area contributed by atoms with Gasteiger partial charge in [-0.25, -0.2) is 0 Å². The number of carbonyl (C=O) groups excluding carboxylic acids is 1. The third-order valence-electron chi connectivity index (χ3n) is 0.861. The number of hydrogen-bond donors (Lipinski definition) is 1. The predicted molar refractivity (Wildman–Crippen MR) is 31.5 cm³/mol. The lowest BCUT2D eigenvalue weighted by molar-refractivity contribution is -0.109. The molecule has 1 heterocycles. The van der Waals surface area contributed by atoms with Gasteiger partial charge in [-0.3, -0.25) is 0 Å². The molecule has 1 rings (SSSR count).